The molecule has 4 rings (SSSR count). The number of anilines is 1. The zero-order chi connectivity index (χ0) is 26.9. The summed E-state index contributed by atoms with van der Waals surface area (Å²) in [6.07, 6.45) is 0. The van der Waals surface area contributed by atoms with Crippen molar-refractivity contribution in [3.63, 3.8) is 0 Å². The molecular weight excluding hydrogens is 513 g/mol. The van der Waals surface area contributed by atoms with Crippen LogP contribution in [0.3, 0.4) is 0 Å². The number of benzene rings is 3. The van der Waals surface area contributed by atoms with E-state index < -0.39 is 23.5 Å². The Labute approximate surface area is 226 Å². The van der Waals surface area contributed by atoms with E-state index in [0.29, 0.717) is 29.5 Å². The minimum atomic E-state index is -0.914. The molecule has 0 spiro atoms. The highest BCUT2D eigenvalue weighted by Crippen LogP contribution is 2.45. The molecule has 3 aromatic carbocycles. The third-order valence-electron chi connectivity index (χ3n) is 5.97. The van der Waals surface area contributed by atoms with Crippen molar-refractivity contribution in [2.24, 2.45) is 5.92 Å². The number of carbonyl (C=O) groups is 2. The molecule has 6 nitrogen and oxygen atoms in total. The van der Waals surface area contributed by atoms with Gasteiger partial charge in [-0.2, -0.15) is 0 Å². The standard InChI is InChI=1S/C29H27Cl2NO5/c1-16(2)15-37-21-10-8-18(9-11-21)25-24(26(33)22-13-19(30)14-23(31)28(22)36-4)27(34)29(35)32(25)20-7-5-6-17(3)12-20/h5-14,16,25,33H,15H2,1-4H3/b26-24+. The third kappa shape index (κ3) is 5.31. The normalized spacial score (nSPS) is 16.9. The largest absolute Gasteiger partial charge is 0.507 e. The lowest BCUT2D eigenvalue weighted by Gasteiger charge is -2.26. The van der Waals surface area contributed by atoms with Crippen molar-refractivity contribution < 1.29 is 24.2 Å². The maximum atomic E-state index is 13.4. The number of nitrogens with zero attached hydrogens (tertiary/aromatic N) is 1. The third-order valence-corrected chi connectivity index (χ3v) is 6.47. The lowest BCUT2D eigenvalue weighted by Crippen LogP contribution is -2.29. The Bertz CT molecular complexity index is 1380. The Kier molecular flexibility index (Phi) is 7.81. The Hall–Kier alpha value is -3.48. The van der Waals surface area contributed by atoms with Gasteiger partial charge in [-0.15, -0.1) is 0 Å². The number of aliphatic hydroxyl groups is 1. The molecule has 1 saturated heterocycles. The molecule has 0 aliphatic carbocycles. The summed E-state index contributed by atoms with van der Waals surface area (Å²) in [6.45, 7) is 6.56. The highest BCUT2D eigenvalue weighted by atomic mass is 35.5. The topological polar surface area (TPSA) is 76.1 Å². The van der Waals surface area contributed by atoms with E-state index in [1.54, 1.807) is 30.3 Å². The summed E-state index contributed by atoms with van der Waals surface area (Å²) < 4.78 is 11.2. The van der Waals surface area contributed by atoms with Crippen molar-refractivity contribution in [3.05, 3.63) is 93.0 Å². The number of amides is 1. The summed E-state index contributed by atoms with van der Waals surface area (Å²) in [5, 5.41) is 11.9. The predicted molar refractivity (Wildman–Crippen MR) is 146 cm³/mol. The molecule has 1 heterocycles. The number of ketones is 1. The summed E-state index contributed by atoms with van der Waals surface area (Å²) in [4.78, 5) is 28.2. The van der Waals surface area contributed by atoms with Crippen molar-refractivity contribution in [3.8, 4) is 11.5 Å². The second-order valence-electron chi connectivity index (χ2n) is 9.25. The van der Waals surface area contributed by atoms with E-state index in [1.165, 1.54) is 24.1 Å². The first-order valence-corrected chi connectivity index (χ1v) is 12.5. The van der Waals surface area contributed by atoms with Crippen LogP contribution in [-0.2, 0) is 9.59 Å². The molecule has 0 aromatic heterocycles. The molecule has 8 heteroatoms. The van der Waals surface area contributed by atoms with Crippen molar-refractivity contribution in [1.29, 1.82) is 0 Å². The number of rotatable bonds is 7. The maximum Gasteiger partial charge on any atom is 0.300 e. The second-order valence-corrected chi connectivity index (χ2v) is 10.1. The lowest BCUT2D eigenvalue weighted by molar-refractivity contribution is -0.132. The van der Waals surface area contributed by atoms with Crippen LogP contribution in [0, 0.1) is 12.8 Å². The Morgan fingerprint density at radius 3 is 2.38 bits per heavy atom. The number of methoxy groups -OCH3 is 1. The summed E-state index contributed by atoms with van der Waals surface area (Å²) in [6, 6.07) is 16.4. The van der Waals surface area contributed by atoms with Crippen LogP contribution in [0.15, 0.2) is 66.2 Å². The van der Waals surface area contributed by atoms with E-state index in [-0.39, 0.29) is 26.9 Å². The molecule has 0 radical (unpaired) electrons. The van der Waals surface area contributed by atoms with Crippen LogP contribution in [0.4, 0.5) is 5.69 Å². The van der Waals surface area contributed by atoms with Gasteiger partial charge < -0.3 is 14.6 Å². The minimum absolute atomic E-state index is 0.0982. The van der Waals surface area contributed by atoms with Crippen LogP contribution in [0.1, 0.15) is 36.6 Å². The summed E-state index contributed by atoms with van der Waals surface area (Å²) in [5.74, 6) is -0.867. The number of carbonyl (C=O) groups excluding carboxylic acids is 2. The fraction of sp³-hybridized carbons (Fsp3) is 0.241. The summed E-state index contributed by atoms with van der Waals surface area (Å²) in [7, 11) is 1.39. The SMILES string of the molecule is COc1c(Cl)cc(Cl)cc1/C(O)=C1\C(=O)C(=O)N(c2cccc(C)c2)C1c1ccc(OCC(C)C)cc1. The molecule has 1 N–H and O–H groups in total. The first-order chi connectivity index (χ1) is 17.6. The Morgan fingerprint density at radius 1 is 1.05 bits per heavy atom. The van der Waals surface area contributed by atoms with Crippen molar-refractivity contribution >= 4 is 46.3 Å². The number of aryl methyl sites for hydroxylation is 1. The number of hydrogen-bond donors (Lipinski definition) is 1. The van der Waals surface area contributed by atoms with E-state index in [4.69, 9.17) is 32.7 Å². The second kappa shape index (κ2) is 10.9. The molecule has 1 fully saturated rings. The zero-order valence-corrected chi connectivity index (χ0v) is 22.4. The van der Waals surface area contributed by atoms with Gasteiger partial charge in [0.1, 0.15) is 17.3 Å². The zero-order valence-electron chi connectivity index (χ0n) is 20.9. The molecule has 1 amide bonds. The molecule has 1 unspecified atom stereocenters. The molecule has 0 bridgehead atoms. The van der Waals surface area contributed by atoms with Gasteiger partial charge in [-0.1, -0.05) is 61.3 Å². The van der Waals surface area contributed by atoms with Crippen LogP contribution in [-0.4, -0.2) is 30.5 Å². The lowest BCUT2D eigenvalue weighted by atomic mass is 9.94. The van der Waals surface area contributed by atoms with Gasteiger partial charge in [-0.25, -0.2) is 0 Å². The van der Waals surface area contributed by atoms with Gasteiger partial charge in [0.25, 0.3) is 11.7 Å². The van der Waals surface area contributed by atoms with Gasteiger partial charge in [-0.05, 0) is 60.4 Å². The first kappa shape index (κ1) is 26.6. The van der Waals surface area contributed by atoms with Crippen LogP contribution in [0.5, 0.6) is 11.5 Å². The van der Waals surface area contributed by atoms with Gasteiger partial charge in [0.05, 0.1) is 35.9 Å². The number of halogens is 2. The molecule has 192 valence electrons. The van der Waals surface area contributed by atoms with E-state index in [0.717, 1.165) is 5.56 Å². The molecule has 37 heavy (non-hydrogen) atoms. The van der Waals surface area contributed by atoms with Gasteiger partial charge in [-0.3, -0.25) is 14.5 Å². The van der Waals surface area contributed by atoms with Crippen LogP contribution in [0.2, 0.25) is 10.0 Å². The summed E-state index contributed by atoms with van der Waals surface area (Å²) in [5.41, 5.74) is 2.08. The van der Waals surface area contributed by atoms with Gasteiger partial charge in [0, 0.05) is 10.7 Å². The average molecular weight is 540 g/mol. The molecule has 1 aliphatic rings. The number of ether oxygens (including phenoxy) is 2. The molecule has 0 saturated carbocycles. The summed E-state index contributed by atoms with van der Waals surface area (Å²) >= 11 is 12.5. The highest BCUT2D eigenvalue weighted by molar-refractivity contribution is 6.52. The van der Waals surface area contributed by atoms with E-state index in [1.807, 2.05) is 25.1 Å². The van der Waals surface area contributed by atoms with E-state index >= 15 is 0 Å². The fourth-order valence-corrected chi connectivity index (χ4v) is 4.86. The van der Waals surface area contributed by atoms with Crippen LogP contribution in [0.25, 0.3) is 5.76 Å². The Balaban J connectivity index is 1.92. The molecule has 1 aliphatic heterocycles. The number of Topliss-reactive ketones (excluding diaryl/α,β-unsaturated/α-hetero) is 1. The molecule has 3 aromatic rings. The predicted octanol–water partition coefficient (Wildman–Crippen LogP) is 6.97. The smallest absolute Gasteiger partial charge is 0.300 e. The maximum absolute atomic E-state index is 13.4. The van der Waals surface area contributed by atoms with Crippen molar-refractivity contribution in [1.82, 2.24) is 0 Å². The monoisotopic (exact) mass is 539 g/mol. The fourth-order valence-electron chi connectivity index (χ4n) is 4.29. The van der Waals surface area contributed by atoms with Crippen molar-refractivity contribution in [2.75, 3.05) is 18.6 Å². The van der Waals surface area contributed by atoms with E-state index in [9.17, 15) is 14.7 Å². The molecule has 1 atom stereocenters. The average Bonchev–Trinajstić information content (AvgIpc) is 3.12. The van der Waals surface area contributed by atoms with Crippen LogP contribution < -0.4 is 14.4 Å². The quantitative estimate of drug-likeness (QED) is 0.199. The number of aliphatic hydroxyl groups excluding tert-OH is 1. The minimum Gasteiger partial charge on any atom is -0.507 e. The van der Waals surface area contributed by atoms with Gasteiger partial charge in [0.15, 0.2) is 0 Å². The highest BCUT2D eigenvalue weighted by Gasteiger charge is 2.47. The first-order valence-electron chi connectivity index (χ1n) is 11.8. The van der Waals surface area contributed by atoms with Crippen LogP contribution >= 0.6 is 23.2 Å². The van der Waals surface area contributed by atoms with Crippen molar-refractivity contribution in [2.45, 2.75) is 26.8 Å². The van der Waals surface area contributed by atoms with Gasteiger partial charge in [0.2, 0.25) is 0 Å². The number of hydrogen-bond acceptors (Lipinski definition) is 5. The van der Waals surface area contributed by atoms with E-state index in [2.05, 4.69) is 13.8 Å². The Morgan fingerprint density at radius 2 is 1.76 bits per heavy atom. The van der Waals surface area contributed by atoms with Gasteiger partial charge >= 0.3 is 0 Å². The molecular formula is C29H27Cl2NO5.